The van der Waals surface area contributed by atoms with E-state index in [0.29, 0.717) is 56.1 Å². The monoisotopic (exact) mass is 769 g/mol. The summed E-state index contributed by atoms with van der Waals surface area (Å²) in [7, 11) is 0. The Bertz CT molecular complexity index is 3170. The molecule has 0 radical (unpaired) electrons. The minimum atomic E-state index is -4.96. The first-order valence-electron chi connectivity index (χ1n) is 20.6. The Kier molecular flexibility index (Phi) is 6.72. The summed E-state index contributed by atoms with van der Waals surface area (Å²) in [5.41, 5.74) is 1.78. The fourth-order valence-corrected chi connectivity index (χ4v) is 7.53. The Labute approximate surface area is 324 Å². The molecule has 0 aliphatic rings. The molecule has 1 unspecified atom stereocenters. The minimum Gasteiger partial charge on any atom is -0.278 e. The lowest BCUT2D eigenvalue weighted by Crippen LogP contribution is -2.32. The van der Waals surface area contributed by atoms with Crippen LogP contribution in [0.15, 0.2) is 109 Å². The lowest BCUT2D eigenvalue weighted by Gasteiger charge is -2.27. The number of hydrogen-bond donors (Lipinski definition) is 0. The molecule has 286 valence electrons. The Balaban J connectivity index is 1.21. The van der Waals surface area contributed by atoms with Crippen LogP contribution in [0.4, 0.5) is 26.3 Å². The molecule has 0 amide bonds. The number of fused-ring (bicyclic) bond motifs is 10. The molecule has 0 N–H and O–H groups in total. The van der Waals surface area contributed by atoms with Crippen molar-refractivity contribution in [3.8, 4) is 11.4 Å². The molecule has 0 spiro atoms. The molecule has 56 heavy (non-hydrogen) atoms. The number of halogens is 6. The summed E-state index contributed by atoms with van der Waals surface area (Å²) in [4.78, 5) is 10.0. The summed E-state index contributed by atoms with van der Waals surface area (Å²) >= 11 is 0. The summed E-state index contributed by atoms with van der Waals surface area (Å²) in [6.07, 6.45) is -13.8. The van der Waals surface area contributed by atoms with Gasteiger partial charge in [-0.2, -0.15) is 26.3 Å². The van der Waals surface area contributed by atoms with Crippen LogP contribution in [0.3, 0.4) is 0 Å². The quantitative estimate of drug-likeness (QED) is 0.145. The number of hydrogen-bond acceptors (Lipinski definition) is 2. The van der Waals surface area contributed by atoms with Gasteiger partial charge in [-0.25, -0.2) is 9.97 Å². The van der Waals surface area contributed by atoms with Crippen LogP contribution in [0, 0.1) is 10.8 Å². The Morgan fingerprint density at radius 1 is 0.536 bits per heavy atom. The van der Waals surface area contributed by atoms with Gasteiger partial charge in [0.05, 0.1) is 66.3 Å². The number of benzene rings is 5. The van der Waals surface area contributed by atoms with Gasteiger partial charge in [-0.1, -0.05) is 82.2 Å². The standard InChI is InChI=1S/C44H38F6N6/c1-41(2,43(45,46)47)24-22-27-12-9-20-35-37(27)51-39-53(31-16-5-7-18-33(31)55(35)39)29-14-11-15-30(26-29)54-32-17-6-8-19-34(32)56-36-21-10-13-28(38(36)52-40(54)56)23-25-42(3,4)44(48,49)50/h5-21,26H,22-25H2,1-4H3/i1D3,25D2. The van der Waals surface area contributed by atoms with E-state index in [0.717, 1.165) is 42.8 Å². The Hall–Kier alpha value is -5.78. The Morgan fingerprint density at radius 2 is 0.964 bits per heavy atom. The van der Waals surface area contributed by atoms with Crippen molar-refractivity contribution in [2.75, 3.05) is 0 Å². The first kappa shape index (κ1) is 30.4. The number of para-hydroxylation sites is 6. The highest BCUT2D eigenvalue weighted by molar-refractivity contribution is 5.95. The van der Waals surface area contributed by atoms with Crippen LogP contribution in [0.5, 0.6) is 0 Å². The average molecular weight is 770 g/mol. The van der Waals surface area contributed by atoms with Crippen molar-refractivity contribution in [1.29, 1.82) is 0 Å². The van der Waals surface area contributed by atoms with Gasteiger partial charge in [0.2, 0.25) is 11.6 Å². The summed E-state index contributed by atoms with van der Waals surface area (Å²) in [5, 5.41) is 0. The predicted molar refractivity (Wildman–Crippen MR) is 209 cm³/mol. The van der Waals surface area contributed by atoms with E-state index < -0.39 is 49.2 Å². The average Bonchev–Trinajstić information content (AvgIpc) is 3.92. The molecule has 0 saturated heterocycles. The first-order chi connectivity index (χ1) is 28.6. The van der Waals surface area contributed by atoms with Crippen LogP contribution in [0.1, 0.15) is 58.4 Å². The third-order valence-electron chi connectivity index (χ3n) is 10.9. The van der Waals surface area contributed by atoms with E-state index >= 15 is 0 Å². The van der Waals surface area contributed by atoms with Crippen LogP contribution in [0.2, 0.25) is 0 Å². The highest BCUT2D eigenvalue weighted by Crippen LogP contribution is 2.43. The molecule has 0 aliphatic heterocycles. The van der Waals surface area contributed by atoms with Gasteiger partial charge in [-0.15, -0.1) is 0 Å². The van der Waals surface area contributed by atoms with Crippen LogP contribution in [-0.4, -0.2) is 40.3 Å². The van der Waals surface area contributed by atoms with Gasteiger partial charge in [0, 0.05) is 6.85 Å². The molecule has 12 heteroatoms. The second-order valence-corrected chi connectivity index (χ2v) is 15.0. The van der Waals surface area contributed by atoms with Crippen LogP contribution >= 0.6 is 0 Å². The molecule has 0 bridgehead atoms. The van der Waals surface area contributed by atoms with Gasteiger partial charge in [0.1, 0.15) is 0 Å². The lowest BCUT2D eigenvalue weighted by atomic mass is 9.85. The van der Waals surface area contributed by atoms with Crippen molar-refractivity contribution in [1.82, 2.24) is 27.9 Å². The third-order valence-corrected chi connectivity index (χ3v) is 10.9. The van der Waals surface area contributed by atoms with Crippen molar-refractivity contribution in [3.05, 3.63) is 120 Å². The van der Waals surface area contributed by atoms with Crippen LogP contribution in [-0.2, 0) is 12.8 Å². The van der Waals surface area contributed by atoms with Crippen molar-refractivity contribution in [2.45, 2.75) is 65.6 Å². The van der Waals surface area contributed by atoms with Gasteiger partial charge in [0.15, 0.2) is 0 Å². The van der Waals surface area contributed by atoms with E-state index in [1.165, 1.54) is 0 Å². The lowest BCUT2D eigenvalue weighted by molar-refractivity contribution is -0.213. The second-order valence-electron chi connectivity index (χ2n) is 15.0. The number of nitrogens with zero attached hydrogens (tertiary/aromatic N) is 6. The molecular weight excluding hydrogens is 727 g/mol. The number of alkyl halides is 6. The fourth-order valence-electron chi connectivity index (χ4n) is 7.53. The van der Waals surface area contributed by atoms with E-state index in [-0.39, 0.29) is 6.42 Å². The maximum Gasteiger partial charge on any atom is 0.393 e. The zero-order chi connectivity index (χ0) is 43.7. The summed E-state index contributed by atoms with van der Waals surface area (Å²) in [6.45, 7) is -0.798. The molecular formula is C44H38F6N6. The number of aryl methyl sites for hydroxylation is 2. The fraction of sp³-hybridized carbons (Fsp3) is 0.273. The summed E-state index contributed by atoms with van der Waals surface area (Å²) < 4.78 is 133. The summed E-state index contributed by atoms with van der Waals surface area (Å²) in [5.74, 6) is 0.933. The van der Waals surface area contributed by atoms with Gasteiger partial charge < -0.3 is 0 Å². The number of imidazole rings is 4. The number of aromatic nitrogens is 6. The van der Waals surface area contributed by atoms with Gasteiger partial charge >= 0.3 is 12.4 Å². The second kappa shape index (κ2) is 12.4. The van der Waals surface area contributed by atoms with Gasteiger partial charge in [-0.05, 0) is 91.4 Å². The highest BCUT2D eigenvalue weighted by Gasteiger charge is 2.47. The van der Waals surface area contributed by atoms with E-state index in [1.54, 1.807) is 24.3 Å². The largest absolute Gasteiger partial charge is 0.393 e. The molecule has 4 heterocycles. The van der Waals surface area contributed by atoms with Crippen molar-refractivity contribution in [3.63, 3.8) is 0 Å². The Morgan fingerprint density at radius 3 is 1.43 bits per heavy atom. The number of rotatable bonds is 8. The molecule has 1 atom stereocenters. The van der Waals surface area contributed by atoms with E-state index in [1.807, 2.05) is 103 Å². The first-order valence-corrected chi connectivity index (χ1v) is 18.1. The maximum atomic E-state index is 14.2. The SMILES string of the molecule is [2H]C([2H])([2H])C(C)(CCc1cccc2c1nc1n(-c3cccc(-n4c5ccccc5n5c6cccc(CC([2H])([2H])C(C)(C)C(F)(F)F)c6nc45)c3)c3ccccc3n21)C(F)(F)F. The molecule has 9 rings (SSSR count). The van der Waals surface area contributed by atoms with Crippen LogP contribution < -0.4 is 0 Å². The van der Waals surface area contributed by atoms with Gasteiger partial charge in [-0.3, -0.25) is 17.9 Å². The van der Waals surface area contributed by atoms with Crippen molar-refractivity contribution >= 4 is 55.7 Å². The molecule has 0 aliphatic carbocycles. The third kappa shape index (κ3) is 5.47. The maximum absolute atomic E-state index is 14.2. The van der Waals surface area contributed by atoms with Crippen molar-refractivity contribution in [2.24, 2.45) is 10.8 Å². The normalized spacial score (nSPS) is 16.1. The molecule has 5 aromatic carbocycles. The highest BCUT2D eigenvalue weighted by atomic mass is 19.4. The van der Waals surface area contributed by atoms with Gasteiger partial charge in [0.25, 0.3) is 0 Å². The minimum absolute atomic E-state index is 0.179. The molecule has 9 aromatic rings. The zero-order valence-corrected chi connectivity index (χ0v) is 30.5. The van der Waals surface area contributed by atoms with Crippen LogP contribution in [0.25, 0.3) is 67.1 Å². The summed E-state index contributed by atoms with van der Waals surface area (Å²) in [6, 6.07) is 33.1. The van der Waals surface area contributed by atoms with E-state index in [4.69, 9.17) is 16.8 Å². The molecule has 6 nitrogen and oxygen atoms in total. The van der Waals surface area contributed by atoms with Crippen molar-refractivity contribution < 1.29 is 33.2 Å². The predicted octanol–water partition coefficient (Wildman–Crippen LogP) is 12.2. The topological polar surface area (TPSA) is 44.5 Å². The smallest absolute Gasteiger partial charge is 0.278 e. The molecule has 0 saturated carbocycles. The molecule has 0 fully saturated rings. The van der Waals surface area contributed by atoms with E-state index in [2.05, 4.69) is 0 Å². The van der Waals surface area contributed by atoms with E-state index in [9.17, 15) is 26.3 Å². The zero-order valence-electron chi connectivity index (χ0n) is 35.5. The molecule has 4 aromatic heterocycles.